The molecule has 0 aliphatic carbocycles. The minimum atomic E-state index is -4.45. The molecule has 0 amide bonds. The summed E-state index contributed by atoms with van der Waals surface area (Å²) >= 11 is 6.21. The first-order chi connectivity index (χ1) is 14.7. The van der Waals surface area contributed by atoms with E-state index in [1.807, 2.05) is 0 Å². The third kappa shape index (κ3) is 6.19. The summed E-state index contributed by atoms with van der Waals surface area (Å²) in [6.45, 7) is 0.134. The van der Waals surface area contributed by atoms with E-state index in [1.54, 1.807) is 30.3 Å². The zero-order valence-electron chi connectivity index (χ0n) is 15.7. The molecule has 160 valence electrons. The lowest BCUT2D eigenvalue weighted by atomic mass is 10.1. The Morgan fingerprint density at radius 1 is 1.19 bits per heavy atom. The predicted molar refractivity (Wildman–Crippen MR) is 110 cm³/mol. The standard InChI is InChI=1S/C21H15ClF3N3O3/c22-17-9-13(10-27-28-19-7-5-16(11-26-19)21(23,24)25)4-6-18(17)31-12-14-2-1-3-15(8-14)20(29)30/h1-11H,12H2,(H,26,28)(H,29,30)/b27-10-. The molecule has 0 spiro atoms. The number of hydrogen-bond acceptors (Lipinski definition) is 5. The van der Waals surface area contributed by atoms with Gasteiger partial charge in [0.2, 0.25) is 0 Å². The third-order valence-electron chi connectivity index (χ3n) is 4.01. The number of halogens is 4. The van der Waals surface area contributed by atoms with Gasteiger partial charge in [-0.25, -0.2) is 9.78 Å². The van der Waals surface area contributed by atoms with E-state index >= 15 is 0 Å². The van der Waals surface area contributed by atoms with Gasteiger partial charge in [-0.05, 0) is 53.6 Å². The van der Waals surface area contributed by atoms with Gasteiger partial charge in [-0.3, -0.25) is 5.43 Å². The normalized spacial score (nSPS) is 11.5. The Morgan fingerprint density at radius 3 is 2.65 bits per heavy atom. The van der Waals surface area contributed by atoms with Gasteiger partial charge >= 0.3 is 12.1 Å². The molecule has 6 nitrogen and oxygen atoms in total. The molecule has 0 saturated carbocycles. The quantitative estimate of drug-likeness (QED) is 0.369. The SMILES string of the molecule is O=C(O)c1cccc(COc2ccc(/C=N\Nc3ccc(C(F)(F)F)cn3)cc2Cl)c1. The Hall–Kier alpha value is -3.59. The number of pyridine rings is 1. The Balaban J connectivity index is 1.59. The Labute approximate surface area is 180 Å². The Morgan fingerprint density at radius 2 is 2.00 bits per heavy atom. The first-order valence-corrected chi connectivity index (χ1v) is 9.17. The van der Waals surface area contributed by atoms with Crippen LogP contribution in [0.5, 0.6) is 5.75 Å². The maximum atomic E-state index is 12.5. The molecule has 0 aliphatic heterocycles. The number of anilines is 1. The number of benzene rings is 2. The van der Waals surface area contributed by atoms with Gasteiger partial charge in [-0.15, -0.1) is 0 Å². The molecular weight excluding hydrogens is 435 g/mol. The summed E-state index contributed by atoms with van der Waals surface area (Å²) in [5.74, 6) is -0.473. The number of rotatable bonds is 7. The van der Waals surface area contributed by atoms with Crippen LogP contribution in [-0.2, 0) is 12.8 Å². The van der Waals surface area contributed by atoms with Gasteiger partial charge in [0.05, 0.1) is 22.4 Å². The fraction of sp³-hybridized carbons (Fsp3) is 0.0952. The highest BCUT2D eigenvalue weighted by Crippen LogP contribution is 2.29. The van der Waals surface area contributed by atoms with E-state index in [0.717, 1.165) is 6.07 Å². The number of carboxylic acid groups (broad SMARTS) is 1. The fourth-order valence-corrected chi connectivity index (χ4v) is 2.71. The summed E-state index contributed by atoms with van der Waals surface area (Å²) in [4.78, 5) is 14.7. The van der Waals surface area contributed by atoms with Gasteiger partial charge in [0.25, 0.3) is 0 Å². The molecule has 0 saturated heterocycles. The number of aromatic carboxylic acids is 1. The second-order valence-electron chi connectivity index (χ2n) is 6.28. The van der Waals surface area contributed by atoms with Crippen LogP contribution in [0.25, 0.3) is 0 Å². The zero-order chi connectivity index (χ0) is 22.4. The number of alkyl halides is 3. The average Bonchev–Trinajstić information content (AvgIpc) is 2.73. The maximum absolute atomic E-state index is 12.5. The lowest BCUT2D eigenvalue weighted by Gasteiger charge is -2.09. The summed E-state index contributed by atoms with van der Waals surface area (Å²) < 4.78 is 43.2. The number of aromatic nitrogens is 1. The van der Waals surface area contributed by atoms with Crippen LogP contribution in [0.4, 0.5) is 19.0 Å². The van der Waals surface area contributed by atoms with E-state index in [9.17, 15) is 18.0 Å². The minimum absolute atomic E-state index is 0.134. The summed E-state index contributed by atoms with van der Waals surface area (Å²) in [6.07, 6.45) is -2.31. The molecule has 2 aromatic carbocycles. The van der Waals surface area contributed by atoms with Gasteiger partial charge in [-0.2, -0.15) is 18.3 Å². The van der Waals surface area contributed by atoms with Crippen molar-refractivity contribution >= 4 is 29.6 Å². The number of hydrazone groups is 1. The minimum Gasteiger partial charge on any atom is -0.487 e. The van der Waals surface area contributed by atoms with Crippen LogP contribution in [0.15, 0.2) is 65.9 Å². The summed E-state index contributed by atoms with van der Waals surface area (Å²) in [5, 5.41) is 13.3. The van der Waals surface area contributed by atoms with Crippen molar-refractivity contribution in [1.82, 2.24) is 4.98 Å². The highest BCUT2D eigenvalue weighted by atomic mass is 35.5. The maximum Gasteiger partial charge on any atom is 0.417 e. The van der Waals surface area contributed by atoms with Crippen molar-refractivity contribution in [2.45, 2.75) is 12.8 Å². The molecule has 0 radical (unpaired) electrons. The fourth-order valence-electron chi connectivity index (χ4n) is 2.47. The second kappa shape index (κ2) is 9.48. The van der Waals surface area contributed by atoms with E-state index in [4.69, 9.17) is 21.4 Å². The summed E-state index contributed by atoms with van der Waals surface area (Å²) in [6, 6.07) is 13.3. The van der Waals surface area contributed by atoms with Crippen molar-refractivity contribution in [2.75, 3.05) is 5.43 Å². The lowest BCUT2D eigenvalue weighted by molar-refractivity contribution is -0.137. The van der Waals surface area contributed by atoms with E-state index in [0.29, 0.717) is 28.1 Å². The largest absolute Gasteiger partial charge is 0.487 e. The van der Waals surface area contributed by atoms with Crippen LogP contribution >= 0.6 is 11.6 Å². The van der Waals surface area contributed by atoms with Gasteiger partial charge in [0.15, 0.2) is 0 Å². The van der Waals surface area contributed by atoms with Crippen molar-refractivity contribution in [3.05, 3.63) is 88.1 Å². The predicted octanol–water partition coefficient (Wildman–Crippen LogP) is 5.48. The molecule has 0 bridgehead atoms. The first kappa shape index (κ1) is 22.1. The summed E-state index contributed by atoms with van der Waals surface area (Å²) in [5.41, 5.74) is 3.14. The zero-order valence-corrected chi connectivity index (χ0v) is 16.5. The number of nitrogens with one attached hydrogen (secondary N) is 1. The van der Waals surface area contributed by atoms with Gasteiger partial charge in [-0.1, -0.05) is 23.7 Å². The second-order valence-corrected chi connectivity index (χ2v) is 6.69. The molecule has 3 aromatic rings. The molecule has 3 rings (SSSR count). The van der Waals surface area contributed by atoms with Gasteiger partial charge in [0.1, 0.15) is 18.2 Å². The molecular formula is C21H15ClF3N3O3. The number of hydrogen-bond donors (Lipinski definition) is 2. The third-order valence-corrected chi connectivity index (χ3v) is 4.30. The summed E-state index contributed by atoms with van der Waals surface area (Å²) in [7, 11) is 0. The molecule has 2 N–H and O–H groups in total. The van der Waals surface area contributed by atoms with Crippen LogP contribution in [0, 0.1) is 0 Å². The van der Waals surface area contributed by atoms with Crippen LogP contribution in [-0.4, -0.2) is 22.3 Å². The smallest absolute Gasteiger partial charge is 0.417 e. The van der Waals surface area contributed by atoms with Gasteiger partial charge in [0, 0.05) is 6.20 Å². The number of carboxylic acids is 1. The first-order valence-electron chi connectivity index (χ1n) is 8.79. The van der Waals surface area contributed by atoms with E-state index in [1.165, 1.54) is 24.4 Å². The number of nitrogens with zero attached hydrogens (tertiary/aromatic N) is 2. The average molecular weight is 450 g/mol. The van der Waals surface area contributed by atoms with Crippen molar-refractivity contribution in [1.29, 1.82) is 0 Å². The van der Waals surface area contributed by atoms with E-state index in [2.05, 4.69) is 15.5 Å². The molecule has 0 aliphatic rings. The van der Waals surface area contributed by atoms with Crippen LogP contribution in [0.3, 0.4) is 0 Å². The van der Waals surface area contributed by atoms with Crippen LogP contribution in [0.2, 0.25) is 5.02 Å². The highest BCUT2D eigenvalue weighted by Gasteiger charge is 2.30. The van der Waals surface area contributed by atoms with Crippen molar-refractivity contribution < 1.29 is 27.8 Å². The molecule has 10 heteroatoms. The molecule has 0 unspecified atom stereocenters. The van der Waals surface area contributed by atoms with Crippen molar-refractivity contribution in [3.8, 4) is 5.75 Å². The molecule has 1 aromatic heterocycles. The Bertz CT molecular complexity index is 1100. The van der Waals surface area contributed by atoms with Gasteiger partial charge < -0.3 is 9.84 Å². The van der Waals surface area contributed by atoms with E-state index in [-0.39, 0.29) is 18.0 Å². The monoisotopic (exact) mass is 449 g/mol. The Kier molecular flexibility index (Phi) is 6.76. The lowest BCUT2D eigenvalue weighted by Crippen LogP contribution is -2.05. The molecule has 0 atom stereocenters. The topological polar surface area (TPSA) is 83.8 Å². The van der Waals surface area contributed by atoms with Crippen molar-refractivity contribution in [3.63, 3.8) is 0 Å². The molecule has 0 fully saturated rings. The van der Waals surface area contributed by atoms with E-state index < -0.39 is 17.7 Å². The highest BCUT2D eigenvalue weighted by molar-refractivity contribution is 6.32. The van der Waals surface area contributed by atoms with Crippen LogP contribution in [0.1, 0.15) is 27.0 Å². The molecule has 31 heavy (non-hydrogen) atoms. The van der Waals surface area contributed by atoms with Crippen LogP contribution < -0.4 is 10.2 Å². The number of ether oxygens (including phenoxy) is 1. The molecule has 1 heterocycles. The van der Waals surface area contributed by atoms with Crippen molar-refractivity contribution in [2.24, 2.45) is 5.10 Å². The number of carbonyl (C=O) groups is 1.